The van der Waals surface area contributed by atoms with E-state index in [2.05, 4.69) is 0 Å². The van der Waals surface area contributed by atoms with E-state index in [4.69, 9.17) is 61.6 Å². The van der Waals surface area contributed by atoms with Gasteiger partial charge in [-0.1, -0.05) is 41.5 Å². The largest absolute Gasteiger partial charge is 0.463 e. The standard InChI is InChI=1S/C71H130O25/c1-31-50(8)54(12,32-72)93-59(17,67(25,80)65(50,23)78)42-86-35-51(9)52(10,64(22,77)58(16,38-84-30)94-55(51,13)33-73)36-87-39-56(14)53(11,66(24,79)68(26,81)61(19,95-56)43-89-45(2)74)37-88-40-57(15)63(21,76)46(75)49(7,47(3,4)91-57)34-85-41-60(18)69(27,82)70(28,83)71(29)62(20,96-60)44-90-48(5,6)92-71/h46,72-73,75-83H,31-44H2,1-30H3/t46-,49+,50-,51+,52-,53?,54?,55?,56-,57+,58+,59+,60+,61?,62?,63?,64?,65-,66+,67?,68-,69?,70+,71-/m1/s1. The molecule has 0 spiro atoms. The van der Waals surface area contributed by atoms with Crippen molar-refractivity contribution in [3.8, 4) is 0 Å². The highest BCUT2D eigenvalue weighted by Gasteiger charge is 2.80. The van der Waals surface area contributed by atoms with Crippen LogP contribution in [-0.4, -0.2) is 273 Å². The van der Waals surface area contributed by atoms with Crippen molar-refractivity contribution in [2.75, 3.05) is 93.0 Å². The van der Waals surface area contributed by atoms with Crippen LogP contribution in [0, 0.1) is 27.1 Å². The molecule has 25 heteroatoms. The maximum absolute atomic E-state index is 13.4. The lowest BCUT2D eigenvalue weighted by atomic mass is 9.47. The Labute approximate surface area is 572 Å². The molecule has 0 amide bonds. The Morgan fingerprint density at radius 2 is 0.771 bits per heavy atom. The summed E-state index contributed by atoms with van der Waals surface area (Å²) in [5.74, 6) is -1.81. The van der Waals surface area contributed by atoms with Crippen molar-refractivity contribution in [2.24, 2.45) is 27.1 Å². The molecule has 24 atom stereocenters. The number of rotatable bonds is 23. The average molecular weight is 1380 g/mol. The molecule has 564 valence electrons. The topological polar surface area (TPSA) is 360 Å². The molecule has 6 saturated heterocycles. The van der Waals surface area contributed by atoms with Crippen molar-refractivity contribution >= 4 is 5.97 Å². The molecule has 0 aromatic carbocycles. The van der Waals surface area contributed by atoms with E-state index in [1.807, 2.05) is 6.92 Å². The number of carbonyl (C=O) groups is 1. The number of aliphatic hydroxyl groups excluding tert-OH is 3. The summed E-state index contributed by atoms with van der Waals surface area (Å²) in [6.45, 7) is 41.8. The molecule has 25 nitrogen and oxygen atoms in total. The number of ether oxygens (including phenoxy) is 13. The molecule has 6 rings (SSSR count). The molecule has 0 aromatic rings. The van der Waals surface area contributed by atoms with Gasteiger partial charge in [0.2, 0.25) is 0 Å². The van der Waals surface area contributed by atoms with Gasteiger partial charge in [-0.3, -0.25) is 4.79 Å². The second-order valence-corrected chi connectivity index (χ2v) is 35.6. The van der Waals surface area contributed by atoms with Crippen LogP contribution in [0.4, 0.5) is 0 Å². The quantitative estimate of drug-likeness (QED) is 0.0633. The van der Waals surface area contributed by atoms with Crippen molar-refractivity contribution < 1.29 is 123 Å². The SMILES string of the molecule is CC[C@]1(C)C(C)(CO)O[C@@](C)(COC[C@]2(C)C(C)(CO)O[C@@](C)(COC)C(C)(O)[C@]2(C)COC[C@@]2(C)OC(C)(COC(C)=O)[C@@](C)(O)[C@@](C)(O)C2(C)COC[C@]2(C)OC(C)(C)[C@@](C)(COC[C@]3(C)OC4(C)COC(C)(C)O[C@@]4(C)[C@@](C)(O)C3(C)O)[C@@H](O)C2(C)O)C(C)(O)[C@]1(C)O. The molecule has 0 aromatic heterocycles. The van der Waals surface area contributed by atoms with E-state index in [-0.39, 0.29) is 46.2 Å². The van der Waals surface area contributed by atoms with Crippen LogP contribution in [0.25, 0.3) is 0 Å². The first-order valence-corrected chi connectivity index (χ1v) is 34.1. The molecule has 6 aliphatic heterocycles. The Bertz CT molecular complexity index is 2840. The molecule has 0 radical (unpaired) electrons. The van der Waals surface area contributed by atoms with Gasteiger partial charge >= 0.3 is 5.97 Å². The second kappa shape index (κ2) is 24.3. The first-order chi connectivity index (χ1) is 42.6. The molecule has 0 aliphatic carbocycles. The van der Waals surface area contributed by atoms with Gasteiger partial charge in [-0.15, -0.1) is 0 Å². The minimum Gasteiger partial charge on any atom is -0.463 e. The highest BCUT2D eigenvalue weighted by atomic mass is 16.8. The Kier molecular flexibility index (Phi) is 21.1. The van der Waals surface area contributed by atoms with Crippen molar-refractivity contribution in [1.29, 1.82) is 0 Å². The van der Waals surface area contributed by atoms with Crippen LogP contribution in [0.5, 0.6) is 0 Å². The van der Waals surface area contributed by atoms with Gasteiger partial charge < -0.3 is 118 Å². The van der Waals surface area contributed by atoms with Crippen LogP contribution in [-0.2, 0) is 66.4 Å². The summed E-state index contributed by atoms with van der Waals surface area (Å²) in [7, 11) is 1.45. The Morgan fingerprint density at radius 3 is 1.23 bits per heavy atom. The van der Waals surface area contributed by atoms with E-state index in [0.29, 0.717) is 6.42 Å². The predicted octanol–water partition coefficient (Wildman–Crippen LogP) is 4.36. The average Bonchev–Trinajstić information content (AvgIpc) is 0.697. The maximum Gasteiger partial charge on any atom is 0.302 e. The number of aliphatic hydroxyl groups is 11. The molecule has 96 heavy (non-hydrogen) atoms. The Morgan fingerprint density at radius 1 is 0.396 bits per heavy atom. The van der Waals surface area contributed by atoms with Crippen LogP contribution in [0.1, 0.15) is 207 Å². The fraction of sp³-hybridized carbons (Fsp3) is 0.986. The van der Waals surface area contributed by atoms with Crippen molar-refractivity contribution in [3.63, 3.8) is 0 Å². The van der Waals surface area contributed by atoms with E-state index < -0.39 is 191 Å². The maximum atomic E-state index is 13.4. The van der Waals surface area contributed by atoms with Gasteiger partial charge in [0.05, 0.1) is 108 Å². The van der Waals surface area contributed by atoms with E-state index >= 15 is 0 Å². The number of esters is 1. The highest BCUT2D eigenvalue weighted by molar-refractivity contribution is 5.66. The van der Waals surface area contributed by atoms with Gasteiger partial charge in [0.25, 0.3) is 0 Å². The summed E-state index contributed by atoms with van der Waals surface area (Å²) >= 11 is 0. The summed E-state index contributed by atoms with van der Waals surface area (Å²) in [5, 5.41) is 137. The monoisotopic (exact) mass is 1380 g/mol. The van der Waals surface area contributed by atoms with Crippen LogP contribution >= 0.6 is 0 Å². The van der Waals surface area contributed by atoms with Gasteiger partial charge in [-0.25, -0.2) is 0 Å². The minimum absolute atomic E-state index is 0.00664. The Balaban J connectivity index is 1.34. The summed E-state index contributed by atoms with van der Waals surface area (Å²) in [5.41, 5.74) is -41.1. The van der Waals surface area contributed by atoms with Crippen molar-refractivity contribution in [3.05, 3.63) is 0 Å². The van der Waals surface area contributed by atoms with Gasteiger partial charge in [0.15, 0.2) is 5.79 Å². The van der Waals surface area contributed by atoms with Crippen LogP contribution in [0.15, 0.2) is 0 Å². The third kappa shape index (κ3) is 10.9. The lowest BCUT2D eigenvalue weighted by molar-refractivity contribution is -0.475. The molecule has 0 saturated carbocycles. The zero-order valence-corrected chi connectivity index (χ0v) is 64.1. The van der Waals surface area contributed by atoms with Crippen molar-refractivity contribution in [2.45, 2.75) is 326 Å². The fourth-order valence-corrected chi connectivity index (χ4v) is 18.0. The number of carbonyl (C=O) groups excluding carboxylic acids is 1. The van der Waals surface area contributed by atoms with Gasteiger partial charge in [0, 0.05) is 35.7 Å². The molecule has 11 N–H and O–H groups in total. The molecular formula is C71H130O25. The van der Waals surface area contributed by atoms with Crippen LogP contribution in [0.3, 0.4) is 0 Å². The molecule has 0 bridgehead atoms. The molecule has 9 unspecified atom stereocenters. The van der Waals surface area contributed by atoms with E-state index in [9.17, 15) is 61.0 Å². The predicted molar refractivity (Wildman–Crippen MR) is 352 cm³/mol. The number of hydrogen-bond acceptors (Lipinski definition) is 25. The Hall–Kier alpha value is -1.45. The first kappa shape index (κ1) is 83.5. The van der Waals surface area contributed by atoms with Gasteiger partial charge in [0.1, 0.15) is 96.2 Å². The van der Waals surface area contributed by atoms with Crippen LogP contribution < -0.4 is 0 Å². The normalized spacial score (nSPS) is 54.9. The van der Waals surface area contributed by atoms with E-state index in [0.717, 1.165) is 0 Å². The molecule has 6 aliphatic rings. The highest BCUT2D eigenvalue weighted by Crippen LogP contribution is 2.66. The van der Waals surface area contributed by atoms with E-state index in [1.54, 1.807) is 132 Å². The number of methoxy groups -OCH3 is 1. The second-order valence-electron chi connectivity index (χ2n) is 35.6. The van der Waals surface area contributed by atoms with Crippen LogP contribution in [0.2, 0.25) is 0 Å². The smallest absolute Gasteiger partial charge is 0.302 e. The fourth-order valence-electron chi connectivity index (χ4n) is 18.0. The third-order valence-corrected chi connectivity index (χ3v) is 29.2. The lowest BCUT2D eigenvalue weighted by Gasteiger charge is -2.70. The molecular weight excluding hydrogens is 1250 g/mol. The summed E-state index contributed by atoms with van der Waals surface area (Å²) < 4.78 is 85.0. The zero-order chi connectivity index (χ0) is 74.7. The number of fused-ring (bicyclic) bond motifs is 1. The first-order valence-electron chi connectivity index (χ1n) is 34.1. The number of hydrogen-bond donors (Lipinski definition) is 11. The minimum atomic E-state index is -2.26. The summed E-state index contributed by atoms with van der Waals surface area (Å²) in [6, 6.07) is 0. The molecule has 6 fully saturated rings. The third-order valence-electron chi connectivity index (χ3n) is 29.2. The summed E-state index contributed by atoms with van der Waals surface area (Å²) in [6.07, 6.45) is -1.29. The van der Waals surface area contributed by atoms with Gasteiger partial charge in [-0.2, -0.15) is 0 Å². The zero-order valence-electron chi connectivity index (χ0n) is 64.1. The van der Waals surface area contributed by atoms with Crippen molar-refractivity contribution in [1.82, 2.24) is 0 Å². The summed E-state index contributed by atoms with van der Waals surface area (Å²) in [4.78, 5) is 12.6. The van der Waals surface area contributed by atoms with E-state index in [1.165, 1.54) is 69.4 Å². The molecule has 6 heterocycles. The van der Waals surface area contributed by atoms with Gasteiger partial charge in [-0.05, 0) is 159 Å². The lowest BCUT2D eigenvalue weighted by Crippen LogP contribution is -2.87.